The van der Waals surface area contributed by atoms with E-state index in [9.17, 15) is 9.59 Å². The molecule has 1 fully saturated rings. The highest BCUT2D eigenvalue weighted by atomic mass is 16.5. The number of ether oxygens (including phenoxy) is 1. The number of anilines is 1. The molecule has 25 heavy (non-hydrogen) atoms. The molecule has 1 N–H and O–H groups in total. The van der Waals surface area contributed by atoms with E-state index in [1.165, 1.54) is 0 Å². The molecule has 1 aliphatic heterocycles. The van der Waals surface area contributed by atoms with Gasteiger partial charge in [0, 0.05) is 44.3 Å². The Labute approximate surface area is 146 Å². The third-order valence-electron chi connectivity index (χ3n) is 4.17. The molecule has 7 heteroatoms. The molecule has 0 radical (unpaired) electrons. The lowest BCUT2D eigenvalue weighted by atomic mass is 10.3. The number of methoxy groups -OCH3 is 1. The van der Waals surface area contributed by atoms with E-state index >= 15 is 0 Å². The van der Waals surface area contributed by atoms with Crippen LogP contribution in [0, 0.1) is 0 Å². The van der Waals surface area contributed by atoms with E-state index < -0.39 is 0 Å². The number of amides is 3. The summed E-state index contributed by atoms with van der Waals surface area (Å²) in [5, 5.41) is 2.85. The monoisotopic (exact) mass is 342 g/mol. The third-order valence-corrected chi connectivity index (χ3v) is 4.17. The van der Waals surface area contributed by atoms with Gasteiger partial charge in [-0.25, -0.2) is 4.79 Å². The van der Waals surface area contributed by atoms with Gasteiger partial charge in [-0.3, -0.25) is 9.69 Å². The molecule has 0 spiro atoms. The lowest BCUT2D eigenvalue weighted by Crippen LogP contribution is -2.40. The van der Waals surface area contributed by atoms with Crippen LogP contribution in [0.2, 0.25) is 0 Å². The second kappa shape index (κ2) is 7.74. The van der Waals surface area contributed by atoms with E-state index in [0.29, 0.717) is 26.2 Å². The van der Waals surface area contributed by atoms with Gasteiger partial charge in [-0.15, -0.1) is 0 Å². The second-order valence-electron chi connectivity index (χ2n) is 5.82. The summed E-state index contributed by atoms with van der Waals surface area (Å²) in [7, 11) is 1.60. The molecule has 2 aromatic rings. The highest BCUT2D eigenvalue weighted by Gasteiger charge is 2.30. The summed E-state index contributed by atoms with van der Waals surface area (Å²) in [5.41, 5.74) is 0.807. The van der Waals surface area contributed by atoms with Crippen molar-refractivity contribution < 1.29 is 14.3 Å². The van der Waals surface area contributed by atoms with Gasteiger partial charge in [0.05, 0.1) is 7.11 Å². The molecule has 2 heterocycles. The van der Waals surface area contributed by atoms with Crippen LogP contribution in [0.5, 0.6) is 5.75 Å². The van der Waals surface area contributed by atoms with Gasteiger partial charge in [0.15, 0.2) is 0 Å². The van der Waals surface area contributed by atoms with E-state index in [1.807, 2.05) is 53.4 Å². The van der Waals surface area contributed by atoms with Crippen molar-refractivity contribution in [2.45, 2.75) is 6.54 Å². The smallest absolute Gasteiger partial charge is 0.325 e. The minimum atomic E-state index is -0.147. The first-order chi connectivity index (χ1) is 12.2. The lowest BCUT2D eigenvalue weighted by Gasteiger charge is -2.18. The van der Waals surface area contributed by atoms with Crippen LogP contribution in [0.4, 0.5) is 10.5 Å². The van der Waals surface area contributed by atoms with Crippen LogP contribution in [0.3, 0.4) is 0 Å². The fourth-order valence-electron chi connectivity index (χ4n) is 2.80. The normalized spacial score (nSPS) is 14.0. The Hall–Kier alpha value is -2.96. The van der Waals surface area contributed by atoms with Crippen molar-refractivity contribution in [3.05, 3.63) is 48.8 Å². The third kappa shape index (κ3) is 4.12. The average Bonchev–Trinajstić information content (AvgIpc) is 3.26. The summed E-state index contributed by atoms with van der Waals surface area (Å²) < 4.78 is 7.12. The van der Waals surface area contributed by atoms with Crippen molar-refractivity contribution >= 4 is 17.6 Å². The predicted octanol–water partition coefficient (Wildman–Crippen LogP) is 1.56. The summed E-state index contributed by atoms with van der Waals surface area (Å²) in [5.74, 6) is 0.603. The summed E-state index contributed by atoms with van der Waals surface area (Å²) in [6.45, 7) is 2.44. The number of carbonyl (C=O) groups is 2. The number of carbonyl (C=O) groups excluding carboxylic acids is 2. The number of rotatable bonds is 7. The number of nitrogens with zero attached hydrogens (tertiary/aromatic N) is 3. The Kier molecular flexibility index (Phi) is 5.23. The Morgan fingerprint density at radius 3 is 2.56 bits per heavy atom. The zero-order valence-electron chi connectivity index (χ0n) is 14.2. The van der Waals surface area contributed by atoms with Crippen LogP contribution < -0.4 is 15.0 Å². The summed E-state index contributed by atoms with van der Waals surface area (Å²) in [6, 6.07) is 11.1. The van der Waals surface area contributed by atoms with Crippen molar-refractivity contribution in [1.82, 2.24) is 14.8 Å². The van der Waals surface area contributed by atoms with Gasteiger partial charge in [0.2, 0.25) is 5.91 Å². The zero-order valence-corrected chi connectivity index (χ0v) is 14.2. The van der Waals surface area contributed by atoms with Gasteiger partial charge >= 0.3 is 6.03 Å². The van der Waals surface area contributed by atoms with Crippen LogP contribution in [0.25, 0.3) is 0 Å². The molecule has 132 valence electrons. The number of hydrogen-bond acceptors (Lipinski definition) is 3. The fraction of sp³-hybridized carbons (Fsp3) is 0.333. The molecule has 7 nitrogen and oxygen atoms in total. The lowest BCUT2D eigenvalue weighted by molar-refractivity contribution is -0.121. The first-order valence-electron chi connectivity index (χ1n) is 8.25. The topological polar surface area (TPSA) is 66.8 Å². The maximum Gasteiger partial charge on any atom is 0.325 e. The molecule has 0 bridgehead atoms. The summed E-state index contributed by atoms with van der Waals surface area (Å²) in [6.07, 6.45) is 3.89. The summed E-state index contributed by atoms with van der Waals surface area (Å²) >= 11 is 0. The molecule has 3 rings (SSSR count). The maximum absolute atomic E-state index is 12.5. The molecule has 1 aliphatic rings. The van der Waals surface area contributed by atoms with Crippen LogP contribution in [-0.2, 0) is 11.3 Å². The number of aromatic nitrogens is 1. The Bertz CT molecular complexity index is 712. The van der Waals surface area contributed by atoms with Gasteiger partial charge in [0.1, 0.15) is 12.3 Å². The minimum absolute atomic E-state index is 0.0805. The summed E-state index contributed by atoms with van der Waals surface area (Å²) in [4.78, 5) is 27.8. The minimum Gasteiger partial charge on any atom is -0.497 e. The van der Waals surface area contributed by atoms with Gasteiger partial charge in [-0.1, -0.05) is 0 Å². The van der Waals surface area contributed by atoms with Gasteiger partial charge in [-0.05, 0) is 36.4 Å². The molecule has 3 amide bonds. The standard InChI is InChI=1S/C18H22N4O3/c1-25-16-6-4-15(5-7-16)22-13-12-21(18(22)24)14-17(23)19-8-11-20-9-2-3-10-20/h2-7,9-10H,8,11-14H2,1H3,(H,19,23). The molecular formula is C18H22N4O3. The van der Waals surface area contributed by atoms with Gasteiger partial charge in [0.25, 0.3) is 0 Å². The van der Waals surface area contributed by atoms with Crippen molar-refractivity contribution in [3.63, 3.8) is 0 Å². The first kappa shape index (κ1) is 16.9. The van der Waals surface area contributed by atoms with Crippen molar-refractivity contribution in [3.8, 4) is 5.75 Å². The molecule has 0 atom stereocenters. The van der Waals surface area contributed by atoms with Gasteiger partial charge < -0.3 is 19.5 Å². The van der Waals surface area contributed by atoms with Crippen molar-refractivity contribution in [2.24, 2.45) is 0 Å². The van der Waals surface area contributed by atoms with Crippen LogP contribution in [0.1, 0.15) is 0 Å². The van der Waals surface area contributed by atoms with Crippen LogP contribution in [0.15, 0.2) is 48.8 Å². The molecule has 1 aromatic carbocycles. The number of hydrogen-bond donors (Lipinski definition) is 1. The first-order valence-corrected chi connectivity index (χ1v) is 8.25. The largest absolute Gasteiger partial charge is 0.497 e. The maximum atomic E-state index is 12.5. The molecular weight excluding hydrogens is 320 g/mol. The molecule has 0 unspecified atom stereocenters. The molecule has 1 aromatic heterocycles. The van der Waals surface area contributed by atoms with Crippen LogP contribution in [-0.4, -0.2) is 54.7 Å². The van der Waals surface area contributed by atoms with E-state index in [1.54, 1.807) is 16.9 Å². The van der Waals surface area contributed by atoms with Gasteiger partial charge in [-0.2, -0.15) is 0 Å². The van der Waals surface area contributed by atoms with Crippen molar-refractivity contribution in [1.29, 1.82) is 0 Å². The number of benzene rings is 1. The molecule has 0 aliphatic carbocycles. The highest BCUT2D eigenvalue weighted by molar-refractivity contribution is 5.96. The Morgan fingerprint density at radius 1 is 1.16 bits per heavy atom. The molecule has 0 saturated carbocycles. The molecule has 1 saturated heterocycles. The average molecular weight is 342 g/mol. The Balaban J connectivity index is 1.48. The number of nitrogens with one attached hydrogen (secondary N) is 1. The quantitative estimate of drug-likeness (QED) is 0.830. The zero-order chi connectivity index (χ0) is 17.6. The SMILES string of the molecule is COc1ccc(N2CCN(CC(=O)NCCn3cccc3)C2=O)cc1. The van der Waals surface area contributed by atoms with E-state index in [2.05, 4.69) is 5.32 Å². The highest BCUT2D eigenvalue weighted by Crippen LogP contribution is 2.22. The Morgan fingerprint density at radius 2 is 1.88 bits per heavy atom. The van der Waals surface area contributed by atoms with Crippen LogP contribution >= 0.6 is 0 Å². The second-order valence-corrected chi connectivity index (χ2v) is 5.82. The number of urea groups is 1. The fourth-order valence-corrected chi connectivity index (χ4v) is 2.80. The van der Waals surface area contributed by atoms with E-state index in [4.69, 9.17) is 4.74 Å². The van der Waals surface area contributed by atoms with E-state index in [-0.39, 0.29) is 18.5 Å². The van der Waals surface area contributed by atoms with E-state index in [0.717, 1.165) is 11.4 Å². The van der Waals surface area contributed by atoms with Crippen molar-refractivity contribution in [2.75, 3.05) is 38.2 Å². The predicted molar refractivity (Wildman–Crippen MR) is 94.8 cm³/mol.